The molecule has 0 fully saturated rings. The van der Waals surface area contributed by atoms with Gasteiger partial charge in [-0.25, -0.2) is 0 Å². The molecule has 0 spiro atoms. The van der Waals surface area contributed by atoms with Gasteiger partial charge in [-0.15, -0.1) is 0 Å². The van der Waals surface area contributed by atoms with Crippen LogP contribution < -0.4 is 0 Å². The van der Waals surface area contributed by atoms with Gasteiger partial charge in [0.2, 0.25) is 0 Å². The Balaban J connectivity index is 3.27. The first-order valence-electron chi connectivity index (χ1n) is 4.70. The lowest BCUT2D eigenvalue weighted by atomic mass is 10.2. The Morgan fingerprint density at radius 3 is 1.33 bits per heavy atom. The summed E-state index contributed by atoms with van der Waals surface area (Å²) in [5.41, 5.74) is 0. The van der Waals surface area contributed by atoms with Crippen LogP contribution in [0.2, 0.25) is 0 Å². The van der Waals surface area contributed by atoms with Gasteiger partial charge in [-0.1, -0.05) is 13.8 Å². The second kappa shape index (κ2) is 7.69. The summed E-state index contributed by atoms with van der Waals surface area (Å²) in [5.74, 6) is 0. The average Bonchev–Trinajstić information content (AvgIpc) is 2.02. The second-order valence-electron chi connectivity index (χ2n) is 3.07. The number of nitrogens with zero attached hydrogens (tertiary/aromatic N) is 2. The fourth-order valence-corrected chi connectivity index (χ4v) is 1.05. The topological polar surface area (TPSA) is 6.48 Å². The van der Waals surface area contributed by atoms with E-state index < -0.39 is 0 Å². The molecule has 4 radical (unpaired) electrons. The molecule has 0 bridgehead atoms. The fraction of sp³-hybridized carbons (Fsp3) is 1.00. The molecule has 0 aliphatic rings. The van der Waals surface area contributed by atoms with E-state index >= 15 is 0 Å². The number of rotatable bonds is 7. The van der Waals surface area contributed by atoms with E-state index in [1.165, 1.54) is 0 Å². The molecule has 0 aliphatic carbocycles. The third-order valence-corrected chi connectivity index (χ3v) is 1.70. The van der Waals surface area contributed by atoms with Gasteiger partial charge in [-0.2, -0.15) is 0 Å². The van der Waals surface area contributed by atoms with Crippen molar-refractivity contribution in [2.24, 2.45) is 0 Å². The zero-order chi connectivity index (χ0) is 9.40. The van der Waals surface area contributed by atoms with Crippen molar-refractivity contribution in [3.63, 3.8) is 0 Å². The predicted octanol–water partition coefficient (Wildman–Crippen LogP) is 0.577. The van der Waals surface area contributed by atoms with Crippen LogP contribution in [0.3, 0.4) is 0 Å². The minimum Gasteiger partial charge on any atom is -0.352 e. The average molecular weight is 164 g/mol. The molecular formula is C8H18B2N2. The van der Waals surface area contributed by atoms with Crippen LogP contribution >= 0.6 is 0 Å². The van der Waals surface area contributed by atoms with Gasteiger partial charge in [-0.3, -0.25) is 0 Å². The Labute approximate surface area is 79.2 Å². The van der Waals surface area contributed by atoms with Gasteiger partial charge in [-0.05, 0) is 39.0 Å². The standard InChI is InChI=1S/C8H18B2N2/c1-3-5-11(9)7-8-12(10)6-4-2/h3-8H2,1-2H3. The largest absolute Gasteiger partial charge is 0.352 e. The maximum Gasteiger partial charge on any atom is 0.182 e. The highest BCUT2D eigenvalue weighted by atomic mass is 15.1. The first-order chi connectivity index (χ1) is 5.70. The van der Waals surface area contributed by atoms with E-state index in [4.69, 9.17) is 16.0 Å². The van der Waals surface area contributed by atoms with Gasteiger partial charge in [0, 0.05) is 0 Å². The van der Waals surface area contributed by atoms with Gasteiger partial charge < -0.3 is 9.62 Å². The molecule has 0 rings (SSSR count). The Hall–Kier alpha value is 0.0499. The highest BCUT2D eigenvalue weighted by Crippen LogP contribution is 1.88. The van der Waals surface area contributed by atoms with E-state index in [2.05, 4.69) is 13.8 Å². The summed E-state index contributed by atoms with van der Waals surface area (Å²) in [6.07, 6.45) is 2.18. The summed E-state index contributed by atoms with van der Waals surface area (Å²) < 4.78 is 0. The quantitative estimate of drug-likeness (QED) is 0.507. The summed E-state index contributed by atoms with van der Waals surface area (Å²) in [5, 5.41) is 0. The third-order valence-electron chi connectivity index (χ3n) is 1.70. The summed E-state index contributed by atoms with van der Waals surface area (Å²) in [6.45, 7) is 7.83. The number of hydrogen-bond donors (Lipinski definition) is 0. The highest BCUT2D eigenvalue weighted by Gasteiger charge is 1.98. The van der Waals surface area contributed by atoms with E-state index in [0.29, 0.717) is 0 Å². The molecule has 0 aromatic carbocycles. The summed E-state index contributed by atoms with van der Waals surface area (Å²) in [7, 11) is 11.4. The van der Waals surface area contributed by atoms with Crippen molar-refractivity contribution in [2.45, 2.75) is 26.7 Å². The molecule has 0 saturated heterocycles. The Bertz CT molecular complexity index is 89.1. The SMILES string of the molecule is [B]N(CCC)CCN([B])CCC. The lowest BCUT2D eigenvalue weighted by Crippen LogP contribution is -2.33. The van der Waals surface area contributed by atoms with Gasteiger partial charge >= 0.3 is 0 Å². The van der Waals surface area contributed by atoms with E-state index in [0.717, 1.165) is 39.0 Å². The molecule has 0 aromatic heterocycles. The van der Waals surface area contributed by atoms with E-state index in [9.17, 15) is 0 Å². The Morgan fingerprint density at radius 1 is 0.750 bits per heavy atom. The van der Waals surface area contributed by atoms with Crippen molar-refractivity contribution < 1.29 is 0 Å². The van der Waals surface area contributed by atoms with Crippen LogP contribution in [0.5, 0.6) is 0 Å². The minimum atomic E-state index is 0.852. The van der Waals surface area contributed by atoms with Crippen LogP contribution in [0.25, 0.3) is 0 Å². The summed E-state index contributed by atoms with van der Waals surface area (Å²) in [4.78, 5) is 3.63. The van der Waals surface area contributed by atoms with Crippen molar-refractivity contribution in [1.82, 2.24) is 9.62 Å². The van der Waals surface area contributed by atoms with Gasteiger partial charge in [0.25, 0.3) is 0 Å². The molecule has 0 unspecified atom stereocenters. The van der Waals surface area contributed by atoms with E-state index in [-0.39, 0.29) is 0 Å². The Morgan fingerprint density at radius 2 is 1.08 bits per heavy atom. The molecule has 66 valence electrons. The summed E-state index contributed by atoms with van der Waals surface area (Å²) in [6, 6.07) is 0. The van der Waals surface area contributed by atoms with Gasteiger partial charge in [0.15, 0.2) is 16.0 Å². The third kappa shape index (κ3) is 6.74. The van der Waals surface area contributed by atoms with Crippen LogP contribution in [-0.2, 0) is 0 Å². The lowest BCUT2D eigenvalue weighted by Gasteiger charge is -2.21. The molecule has 0 heterocycles. The second-order valence-corrected chi connectivity index (χ2v) is 3.07. The molecule has 0 aromatic rings. The van der Waals surface area contributed by atoms with Gasteiger partial charge in [0.1, 0.15) is 0 Å². The first kappa shape index (κ1) is 12.0. The number of hydrogen-bond acceptors (Lipinski definition) is 2. The Kier molecular flexibility index (Phi) is 7.72. The maximum atomic E-state index is 5.68. The molecule has 0 atom stereocenters. The minimum absolute atomic E-state index is 0.852. The monoisotopic (exact) mass is 164 g/mol. The van der Waals surface area contributed by atoms with Crippen LogP contribution in [0, 0.1) is 0 Å². The molecule has 12 heavy (non-hydrogen) atoms. The smallest absolute Gasteiger partial charge is 0.182 e. The predicted molar refractivity (Wildman–Crippen MR) is 55.2 cm³/mol. The zero-order valence-electron chi connectivity index (χ0n) is 8.29. The molecule has 0 saturated carbocycles. The molecule has 4 heteroatoms. The maximum absolute atomic E-state index is 5.68. The summed E-state index contributed by atoms with van der Waals surface area (Å²) >= 11 is 0. The van der Waals surface area contributed by atoms with E-state index in [1.807, 2.05) is 9.62 Å². The lowest BCUT2D eigenvalue weighted by molar-refractivity contribution is 0.370. The molecule has 0 amide bonds. The molecule has 0 aliphatic heterocycles. The van der Waals surface area contributed by atoms with Crippen molar-refractivity contribution in [3.8, 4) is 0 Å². The zero-order valence-corrected chi connectivity index (χ0v) is 8.29. The first-order valence-corrected chi connectivity index (χ1v) is 4.70. The van der Waals surface area contributed by atoms with Crippen molar-refractivity contribution in [2.75, 3.05) is 26.2 Å². The van der Waals surface area contributed by atoms with Crippen LogP contribution in [0.4, 0.5) is 0 Å². The van der Waals surface area contributed by atoms with Crippen LogP contribution in [-0.4, -0.2) is 51.8 Å². The van der Waals surface area contributed by atoms with Crippen molar-refractivity contribution >= 4 is 16.0 Å². The van der Waals surface area contributed by atoms with Crippen molar-refractivity contribution in [3.05, 3.63) is 0 Å². The van der Waals surface area contributed by atoms with Crippen molar-refractivity contribution in [1.29, 1.82) is 0 Å². The van der Waals surface area contributed by atoms with Crippen LogP contribution in [0.1, 0.15) is 26.7 Å². The highest BCUT2D eigenvalue weighted by molar-refractivity contribution is 6.05. The van der Waals surface area contributed by atoms with E-state index in [1.54, 1.807) is 0 Å². The molecule has 2 nitrogen and oxygen atoms in total. The molecule has 0 N–H and O–H groups in total. The normalized spacial score (nSPS) is 11.3. The van der Waals surface area contributed by atoms with Crippen LogP contribution in [0.15, 0.2) is 0 Å². The van der Waals surface area contributed by atoms with Gasteiger partial charge in [0.05, 0.1) is 0 Å². The fourth-order valence-electron chi connectivity index (χ4n) is 1.05. The molecular weight excluding hydrogens is 146 g/mol.